The highest BCUT2D eigenvalue weighted by Crippen LogP contribution is 2.28. The fourth-order valence-corrected chi connectivity index (χ4v) is 3.89. The first kappa shape index (κ1) is 21.5. The molecule has 0 saturated carbocycles. The van der Waals surface area contributed by atoms with E-state index in [2.05, 4.69) is 59.7 Å². The zero-order valence-corrected chi connectivity index (χ0v) is 18.3. The molecule has 0 fully saturated rings. The van der Waals surface area contributed by atoms with E-state index >= 15 is 0 Å². The van der Waals surface area contributed by atoms with E-state index < -0.39 is 5.91 Å². The number of carbonyl (C=O) groups is 1. The largest absolute Gasteiger partial charge is 0.497 e. The summed E-state index contributed by atoms with van der Waals surface area (Å²) in [5, 5.41) is 0. The number of hydrogen-bond acceptors (Lipinski definition) is 3. The number of nitrogens with zero attached hydrogens (tertiary/aromatic N) is 2. The van der Waals surface area contributed by atoms with Gasteiger partial charge in [0.15, 0.2) is 0 Å². The van der Waals surface area contributed by atoms with Gasteiger partial charge in [-0.25, -0.2) is 0 Å². The Hall–Kier alpha value is -3.21. The summed E-state index contributed by atoms with van der Waals surface area (Å²) in [7, 11) is 1.67. The van der Waals surface area contributed by atoms with Gasteiger partial charge in [0.25, 0.3) is 5.91 Å². The summed E-state index contributed by atoms with van der Waals surface area (Å²) in [6, 6.07) is 18.5. The number of amides is 1. The van der Waals surface area contributed by atoms with Crippen molar-refractivity contribution in [1.29, 1.82) is 0 Å². The van der Waals surface area contributed by atoms with Crippen molar-refractivity contribution in [2.45, 2.75) is 33.7 Å². The lowest BCUT2D eigenvalue weighted by Gasteiger charge is -2.21. The van der Waals surface area contributed by atoms with Crippen LogP contribution in [-0.2, 0) is 13.0 Å². The maximum Gasteiger partial charge on any atom is 0.250 e. The summed E-state index contributed by atoms with van der Waals surface area (Å²) >= 11 is 0. The van der Waals surface area contributed by atoms with Crippen molar-refractivity contribution >= 4 is 11.6 Å². The van der Waals surface area contributed by atoms with Crippen LogP contribution in [0.5, 0.6) is 5.75 Å². The second kappa shape index (κ2) is 9.53. The van der Waals surface area contributed by atoms with E-state index in [0.717, 1.165) is 48.8 Å². The highest BCUT2D eigenvalue weighted by Gasteiger charge is 2.17. The van der Waals surface area contributed by atoms with Crippen LogP contribution in [0.4, 0.5) is 5.69 Å². The molecule has 0 saturated heterocycles. The summed E-state index contributed by atoms with van der Waals surface area (Å²) in [5.74, 6) is 0.456. The van der Waals surface area contributed by atoms with Crippen molar-refractivity contribution in [2.75, 3.05) is 25.1 Å². The Bertz CT molecular complexity index is 984. The molecule has 2 aromatic carbocycles. The van der Waals surface area contributed by atoms with Crippen LogP contribution in [0, 0.1) is 6.92 Å². The maximum atomic E-state index is 12.0. The highest BCUT2D eigenvalue weighted by molar-refractivity contribution is 5.95. The lowest BCUT2D eigenvalue weighted by atomic mass is 10.1. The van der Waals surface area contributed by atoms with Crippen molar-refractivity contribution < 1.29 is 9.53 Å². The zero-order valence-electron chi connectivity index (χ0n) is 18.3. The van der Waals surface area contributed by atoms with Gasteiger partial charge in [0.05, 0.1) is 12.7 Å². The zero-order chi connectivity index (χ0) is 21.7. The number of rotatable bonds is 9. The number of primary amides is 1. The third kappa shape index (κ3) is 4.51. The van der Waals surface area contributed by atoms with Crippen LogP contribution in [0.3, 0.4) is 0 Å². The summed E-state index contributed by atoms with van der Waals surface area (Å²) < 4.78 is 7.43. The van der Waals surface area contributed by atoms with Gasteiger partial charge < -0.3 is 19.9 Å². The molecule has 5 heteroatoms. The fourth-order valence-electron chi connectivity index (χ4n) is 3.89. The van der Waals surface area contributed by atoms with Gasteiger partial charge in [0.2, 0.25) is 0 Å². The molecule has 0 unspecified atom stereocenters. The number of nitrogens with two attached hydrogens (primary N) is 1. The monoisotopic (exact) mass is 405 g/mol. The van der Waals surface area contributed by atoms with Gasteiger partial charge in [-0.15, -0.1) is 0 Å². The molecule has 2 N–H and O–H groups in total. The average molecular weight is 406 g/mol. The fraction of sp³-hybridized carbons (Fsp3) is 0.320. The Morgan fingerprint density at radius 2 is 1.67 bits per heavy atom. The molecule has 30 heavy (non-hydrogen) atoms. The first-order chi connectivity index (χ1) is 14.5. The molecular weight excluding hydrogens is 374 g/mol. The van der Waals surface area contributed by atoms with Crippen molar-refractivity contribution in [3.8, 4) is 17.0 Å². The topological polar surface area (TPSA) is 60.5 Å². The predicted octanol–water partition coefficient (Wildman–Crippen LogP) is 4.66. The first-order valence-corrected chi connectivity index (χ1v) is 10.5. The molecule has 0 bridgehead atoms. The number of anilines is 1. The Morgan fingerprint density at radius 1 is 1.03 bits per heavy atom. The smallest absolute Gasteiger partial charge is 0.250 e. The molecule has 3 rings (SSSR count). The number of ether oxygens (including phenoxy) is 1. The Labute approximate surface area is 179 Å². The molecule has 158 valence electrons. The van der Waals surface area contributed by atoms with E-state index in [4.69, 9.17) is 10.5 Å². The number of carbonyl (C=O) groups excluding carboxylic acids is 1. The molecule has 0 spiro atoms. The number of benzene rings is 2. The number of aromatic nitrogens is 1. The van der Waals surface area contributed by atoms with Gasteiger partial charge in [0.1, 0.15) is 5.75 Å². The molecule has 1 heterocycles. The lowest BCUT2D eigenvalue weighted by Crippen LogP contribution is -2.21. The number of hydrogen-bond donors (Lipinski definition) is 1. The molecule has 0 atom stereocenters. The number of methoxy groups -OCH3 is 1. The normalized spacial score (nSPS) is 10.8. The minimum atomic E-state index is -0.392. The number of aryl methyl sites for hydroxylation is 1. The molecule has 0 aliphatic heterocycles. The van der Waals surface area contributed by atoms with Gasteiger partial charge in [-0.3, -0.25) is 4.79 Å². The molecule has 5 nitrogen and oxygen atoms in total. The van der Waals surface area contributed by atoms with Gasteiger partial charge >= 0.3 is 0 Å². The molecule has 0 radical (unpaired) electrons. The van der Waals surface area contributed by atoms with E-state index in [-0.39, 0.29) is 0 Å². The molecular formula is C25H31N3O2. The van der Waals surface area contributed by atoms with Gasteiger partial charge in [-0.2, -0.15) is 0 Å². The van der Waals surface area contributed by atoms with Crippen LogP contribution >= 0.6 is 0 Å². The quantitative estimate of drug-likeness (QED) is 0.563. The molecule has 3 aromatic rings. The van der Waals surface area contributed by atoms with Gasteiger partial charge in [-0.05, 0) is 68.7 Å². The van der Waals surface area contributed by atoms with Gasteiger partial charge in [0, 0.05) is 36.7 Å². The Kier molecular flexibility index (Phi) is 6.83. The SMILES string of the molecule is CCN(CC)c1ccc(-c2cc(C(N)=O)c(C)n2CCc2ccc(OC)cc2)cc1. The van der Waals surface area contributed by atoms with Gasteiger partial charge in [-0.1, -0.05) is 24.3 Å². The van der Waals surface area contributed by atoms with E-state index in [1.807, 2.05) is 25.1 Å². The van der Waals surface area contributed by atoms with E-state index in [1.165, 1.54) is 11.3 Å². The average Bonchev–Trinajstić information content (AvgIpc) is 3.10. The lowest BCUT2D eigenvalue weighted by molar-refractivity contribution is 0.0999. The van der Waals surface area contributed by atoms with Crippen molar-refractivity contribution in [1.82, 2.24) is 4.57 Å². The van der Waals surface area contributed by atoms with Crippen molar-refractivity contribution in [2.24, 2.45) is 5.73 Å². The van der Waals surface area contributed by atoms with Crippen molar-refractivity contribution in [3.05, 3.63) is 71.4 Å². The summed E-state index contributed by atoms with van der Waals surface area (Å²) in [5.41, 5.74) is 11.6. The maximum absolute atomic E-state index is 12.0. The first-order valence-electron chi connectivity index (χ1n) is 10.5. The van der Waals surface area contributed by atoms with Crippen LogP contribution in [0.15, 0.2) is 54.6 Å². The molecule has 0 aliphatic carbocycles. The van der Waals surface area contributed by atoms with Crippen LogP contribution in [0.2, 0.25) is 0 Å². The Balaban J connectivity index is 1.91. The molecule has 1 aromatic heterocycles. The van der Waals surface area contributed by atoms with E-state index in [9.17, 15) is 4.79 Å². The Morgan fingerprint density at radius 3 is 2.20 bits per heavy atom. The predicted molar refractivity (Wildman–Crippen MR) is 123 cm³/mol. The third-order valence-electron chi connectivity index (χ3n) is 5.71. The van der Waals surface area contributed by atoms with Crippen LogP contribution in [0.25, 0.3) is 11.3 Å². The van der Waals surface area contributed by atoms with Crippen molar-refractivity contribution in [3.63, 3.8) is 0 Å². The van der Waals surface area contributed by atoms with E-state index in [0.29, 0.717) is 5.56 Å². The molecule has 0 aliphatic rings. The summed E-state index contributed by atoms with van der Waals surface area (Å²) in [4.78, 5) is 14.3. The second-order valence-electron chi connectivity index (χ2n) is 7.36. The van der Waals surface area contributed by atoms with Crippen LogP contribution in [0.1, 0.15) is 35.5 Å². The minimum Gasteiger partial charge on any atom is -0.497 e. The van der Waals surface area contributed by atoms with Crippen LogP contribution < -0.4 is 15.4 Å². The molecule has 1 amide bonds. The standard InChI is InChI=1S/C25H31N3O2/c1-5-27(6-2)21-11-9-20(10-12-21)24-17-23(25(26)29)18(3)28(24)16-15-19-7-13-22(30-4)14-8-19/h7-14,17H,5-6,15-16H2,1-4H3,(H2,26,29). The third-order valence-corrected chi connectivity index (χ3v) is 5.71. The van der Waals surface area contributed by atoms with Crippen LogP contribution in [-0.4, -0.2) is 30.7 Å². The van der Waals surface area contributed by atoms with E-state index in [1.54, 1.807) is 7.11 Å². The second-order valence-corrected chi connectivity index (χ2v) is 7.36. The summed E-state index contributed by atoms with van der Waals surface area (Å²) in [6.45, 7) is 8.98. The minimum absolute atomic E-state index is 0.392. The highest BCUT2D eigenvalue weighted by atomic mass is 16.5. The summed E-state index contributed by atoms with van der Waals surface area (Å²) in [6.07, 6.45) is 0.849.